The molecule has 5 heteroatoms. The van der Waals surface area contributed by atoms with Crippen molar-refractivity contribution < 1.29 is 9.53 Å². The predicted octanol–water partition coefficient (Wildman–Crippen LogP) is 0.655. The standard InChI is InChI=1S/C11H20N2O2.ClH/c1-9-8-15-5-4-13(9)11(14)7-12-6-10-2-3-10;/h9-10,12H,2-8H2,1H3;1H. The molecule has 1 amide bonds. The average Bonchev–Trinajstić information content (AvgIpc) is 3.02. The summed E-state index contributed by atoms with van der Waals surface area (Å²) >= 11 is 0. The number of carbonyl (C=O) groups is 1. The maximum atomic E-state index is 11.8. The molecule has 1 aliphatic heterocycles. The molecule has 0 aromatic rings. The molecule has 1 atom stereocenters. The normalized spacial score (nSPS) is 25.1. The number of ether oxygens (including phenoxy) is 1. The van der Waals surface area contributed by atoms with Crippen LogP contribution in [-0.2, 0) is 9.53 Å². The van der Waals surface area contributed by atoms with Gasteiger partial charge in [-0.25, -0.2) is 0 Å². The smallest absolute Gasteiger partial charge is 0.236 e. The van der Waals surface area contributed by atoms with Crippen molar-refractivity contribution in [1.29, 1.82) is 0 Å². The van der Waals surface area contributed by atoms with Gasteiger partial charge in [-0.2, -0.15) is 0 Å². The lowest BCUT2D eigenvalue weighted by atomic mass is 10.2. The Bertz CT molecular complexity index is 234. The van der Waals surface area contributed by atoms with Gasteiger partial charge in [0, 0.05) is 6.54 Å². The molecule has 0 bridgehead atoms. The van der Waals surface area contributed by atoms with Crippen molar-refractivity contribution in [3.8, 4) is 0 Å². The average molecular weight is 249 g/mol. The van der Waals surface area contributed by atoms with E-state index >= 15 is 0 Å². The van der Waals surface area contributed by atoms with E-state index in [1.165, 1.54) is 12.8 Å². The molecule has 0 radical (unpaired) electrons. The highest BCUT2D eigenvalue weighted by Gasteiger charge is 2.24. The molecule has 2 rings (SSSR count). The molecule has 16 heavy (non-hydrogen) atoms. The number of carbonyl (C=O) groups excluding carboxylic acids is 1. The molecule has 2 aliphatic rings. The largest absolute Gasteiger partial charge is 0.377 e. The summed E-state index contributed by atoms with van der Waals surface area (Å²) < 4.78 is 5.30. The van der Waals surface area contributed by atoms with E-state index in [9.17, 15) is 4.79 Å². The van der Waals surface area contributed by atoms with Crippen LogP contribution in [0.2, 0.25) is 0 Å². The van der Waals surface area contributed by atoms with Gasteiger partial charge in [-0.1, -0.05) is 0 Å². The molecule has 1 saturated carbocycles. The van der Waals surface area contributed by atoms with Crippen molar-refractivity contribution in [2.75, 3.05) is 32.8 Å². The fourth-order valence-electron chi connectivity index (χ4n) is 1.90. The quantitative estimate of drug-likeness (QED) is 0.795. The molecule has 0 aromatic carbocycles. The van der Waals surface area contributed by atoms with Gasteiger partial charge in [-0.15, -0.1) is 12.4 Å². The minimum absolute atomic E-state index is 0. The molecule has 94 valence electrons. The summed E-state index contributed by atoms with van der Waals surface area (Å²) in [7, 11) is 0. The predicted molar refractivity (Wildman–Crippen MR) is 64.8 cm³/mol. The molecule has 0 spiro atoms. The van der Waals surface area contributed by atoms with Crippen LogP contribution in [-0.4, -0.2) is 49.7 Å². The second-order valence-corrected chi connectivity index (χ2v) is 4.59. The summed E-state index contributed by atoms with van der Waals surface area (Å²) in [5.74, 6) is 1.05. The first kappa shape index (κ1) is 13.7. The maximum Gasteiger partial charge on any atom is 0.236 e. The summed E-state index contributed by atoms with van der Waals surface area (Å²) in [5.41, 5.74) is 0. The van der Waals surface area contributed by atoms with Gasteiger partial charge < -0.3 is 15.0 Å². The monoisotopic (exact) mass is 248 g/mol. The minimum atomic E-state index is 0. The van der Waals surface area contributed by atoms with E-state index in [-0.39, 0.29) is 24.4 Å². The third-order valence-electron chi connectivity index (χ3n) is 3.09. The van der Waals surface area contributed by atoms with Gasteiger partial charge in [-0.05, 0) is 32.2 Å². The maximum absolute atomic E-state index is 11.8. The molecule has 1 unspecified atom stereocenters. The Kier molecular flexibility index (Phi) is 5.52. The van der Waals surface area contributed by atoms with E-state index in [0.717, 1.165) is 19.0 Å². The van der Waals surface area contributed by atoms with Gasteiger partial charge in [-0.3, -0.25) is 4.79 Å². The Labute approximate surface area is 103 Å². The van der Waals surface area contributed by atoms with Crippen molar-refractivity contribution in [3.05, 3.63) is 0 Å². The summed E-state index contributed by atoms with van der Waals surface area (Å²) in [6, 6.07) is 0.231. The SMILES string of the molecule is CC1COCCN1C(=O)CNCC1CC1.Cl. The van der Waals surface area contributed by atoms with E-state index in [0.29, 0.717) is 19.8 Å². The summed E-state index contributed by atoms with van der Waals surface area (Å²) in [6.45, 7) is 5.63. The van der Waals surface area contributed by atoms with Gasteiger partial charge >= 0.3 is 0 Å². The summed E-state index contributed by atoms with van der Waals surface area (Å²) in [4.78, 5) is 13.7. The van der Waals surface area contributed by atoms with E-state index < -0.39 is 0 Å². The van der Waals surface area contributed by atoms with E-state index in [4.69, 9.17) is 4.74 Å². The van der Waals surface area contributed by atoms with Crippen molar-refractivity contribution in [3.63, 3.8) is 0 Å². The number of amides is 1. The van der Waals surface area contributed by atoms with Crippen LogP contribution in [0.1, 0.15) is 19.8 Å². The van der Waals surface area contributed by atoms with Crippen molar-refractivity contribution in [2.24, 2.45) is 5.92 Å². The number of nitrogens with one attached hydrogen (secondary N) is 1. The summed E-state index contributed by atoms with van der Waals surface area (Å²) in [5, 5.41) is 3.23. The number of morpholine rings is 1. The third kappa shape index (κ3) is 3.92. The molecule has 2 fully saturated rings. The first-order valence-corrected chi connectivity index (χ1v) is 5.85. The fourth-order valence-corrected chi connectivity index (χ4v) is 1.90. The Hall–Kier alpha value is -0.320. The molecular weight excluding hydrogens is 228 g/mol. The van der Waals surface area contributed by atoms with E-state index in [1.807, 2.05) is 11.8 Å². The lowest BCUT2D eigenvalue weighted by Crippen LogP contribution is -2.50. The third-order valence-corrected chi connectivity index (χ3v) is 3.09. The zero-order valence-corrected chi connectivity index (χ0v) is 10.6. The molecular formula is C11H21ClN2O2. The molecule has 4 nitrogen and oxygen atoms in total. The molecule has 0 aromatic heterocycles. The first-order chi connectivity index (χ1) is 7.27. The molecule has 1 saturated heterocycles. The van der Waals surface area contributed by atoms with Crippen LogP contribution in [0.4, 0.5) is 0 Å². The first-order valence-electron chi connectivity index (χ1n) is 5.85. The number of hydrogen-bond donors (Lipinski definition) is 1. The lowest BCUT2D eigenvalue weighted by Gasteiger charge is -2.33. The minimum Gasteiger partial charge on any atom is -0.377 e. The second kappa shape index (κ2) is 6.42. The van der Waals surface area contributed by atoms with Crippen LogP contribution in [0.25, 0.3) is 0 Å². The number of nitrogens with zero attached hydrogens (tertiary/aromatic N) is 1. The number of hydrogen-bond acceptors (Lipinski definition) is 3. The second-order valence-electron chi connectivity index (χ2n) is 4.59. The van der Waals surface area contributed by atoms with Gasteiger partial charge in [0.25, 0.3) is 0 Å². The van der Waals surface area contributed by atoms with E-state index in [2.05, 4.69) is 5.32 Å². The highest BCUT2D eigenvalue weighted by Crippen LogP contribution is 2.27. The Balaban J connectivity index is 0.00000128. The topological polar surface area (TPSA) is 41.6 Å². The number of halogens is 1. The Morgan fingerprint density at radius 1 is 1.50 bits per heavy atom. The van der Waals surface area contributed by atoms with Crippen LogP contribution in [0, 0.1) is 5.92 Å². The Morgan fingerprint density at radius 3 is 2.88 bits per heavy atom. The van der Waals surface area contributed by atoms with Gasteiger partial charge in [0.1, 0.15) is 0 Å². The van der Waals surface area contributed by atoms with Crippen molar-refractivity contribution >= 4 is 18.3 Å². The van der Waals surface area contributed by atoms with Crippen molar-refractivity contribution in [2.45, 2.75) is 25.8 Å². The highest BCUT2D eigenvalue weighted by atomic mass is 35.5. The van der Waals surface area contributed by atoms with Crippen LogP contribution in [0.3, 0.4) is 0 Å². The zero-order chi connectivity index (χ0) is 10.7. The van der Waals surface area contributed by atoms with Gasteiger partial charge in [0.05, 0.1) is 25.8 Å². The van der Waals surface area contributed by atoms with Crippen LogP contribution < -0.4 is 5.32 Å². The van der Waals surface area contributed by atoms with Crippen molar-refractivity contribution in [1.82, 2.24) is 10.2 Å². The van der Waals surface area contributed by atoms with Crippen LogP contribution in [0.15, 0.2) is 0 Å². The van der Waals surface area contributed by atoms with Gasteiger partial charge in [0.2, 0.25) is 5.91 Å². The highest BCUT2D eigenvalue weighted by molar-refractivity contribution is 5.85. The Morgan fingerprint density at radius 2 is 2.25 bits per heavy atom. The van der Waals surface area contributed by atoms with Gasteiger partial charge in [0.15, 0.2) is 0 Å². The van der Waals surface area contributed by atoms with Crippen LogP contribution in [0.5, 0.6) is 0 Å². The van der Waals surface area contributed by atoms with Crippen LogP contribution >= 0.6 is 12.4 Å². The summed E-state index contributed by atoms with van der Waals surface area (Å²) in [6.07, 6.45) is 2.66. The zero-order valence-electron chi connectivity index (χ0n) is 9.78. The fraction of sp³-hybridized carbons (Fsp3) is 0.909. The molecule has 1 heterocycles. The lowest BCUT2D eigenvalue weighted by molar-refractivity contribution is -0.138. The van der Waals surface area contributed by atoms with E-state index in [1.54, 1.807) is 0 Å². The molecule has 1 N–H and O–H groups in total. The number of rotatable bonds is 4. The molecule has 1 aliphatic carbocycles.